The largest absolute Gasteiger partial charge is 0.465 e. The van der Waals surface area contributed by atoms with Gasteiger partial charge in [0.1, 0.15) is 6.73 Å². The van der Waals surface area contributed by atoms with Crippen molar-refractivity contribution >= 4 is 6.09 Å². The number of amides is 1. The summed E-state index contributed by atoms with van der Waals surface area (Å²) in [6, 6.07) is 0. The third-order valence-electron chi connectivity index (χ3n) is 0.702. The van der Waals surface area contributed by atoms with E-state index >= 15 is 0 Å². The van der Waals surface area contributed by atoms with Crippen molar-refractivity contribution in [3.63, 3.8) is 0 Å². The van der Waals surface area contributed by atoms with Gasteiger partial charge in [-0.05, 0) is 0 Å². The average molecular weight is 189 g/mol. The van der Waals surface area contributed by atoms with E-state index in [0.717, 1.165) is 0 Å². The van der Waals surface area contributed by atoms with E-state index in [9.17, 15) is 4.79 Å². The Labute approximate surface area is 77.3 Å². The number of rotatable bonds is 5. The summed E-state index contributed by atoms with van der Waals surface area (Å²) in [7, 11) is 0. The van der Waals surface area contributed by atoms with Crippen LogP contribution in [0.15, 0.2) is 25.3 Å². The van der Waals surface area contributed by atoms with Crippen LogP contribution in [0.5, 0.6) is 0 Å². The highest BCUT2D eigenvalue weighted by Gasteiger charge is 1.83. The summed E-state index contributed by atoms with van der Waals surface area (Å²) in [6.45, 7) is 7.66. The van der Waals surface area contributed by atoms with E-state index in [1.54, 1.807) is 17.5 Å². The molecule has 0 radical (unpaired) electrons. The average Bonchev–Trinajstić information content (AvgIpc) is 2.06. The molecule has 0 fully saturated rings. The van der Waals surface area contributed by atoms with Gasteiger partial charge in [-0.2, -0.15) is 0 Å². The molecule has 5 heteroatoms. The molecule has 5 nitrogen and oxygen atoms in total. The van der Waals surface area contributed by atoms with Gasteiger partial charge in [-0.3, -0.25) is 5.32 Å². The Kier molecular flexibility index (Phi) is 14.5. The molecule has 0 saturated carbocycles. The Morgan fingerprint density at radius 2 is 1.85 bits per heavy atom. The molecule has 0 saturated heterocycles. The highest BCUT2D eigenvalue weighted by Crippen LogP contribution is 1.72. The van der Waals surface area contributed by atoms with Gasteiger partial charge in [-0.15, -0.1) is 13.2 Å². The zero-order valence-corrected chi connectivity index (χ0v) is 7.40. The van der Waals surface area contributed by atoms with Crippen molar-refractivity contribution in [3.05, 3.63) is 25.3 Å². The molecule has 0 heterocycles. The van der Waals surface area contributed by atoms with Gasteiger partial charge in [0, 0.05) is 0 Å². The molecule has 0 aromatic heterocycles. The predicted octanol–water partition coefficient (Wildman–Crippen LogP) is 0.579. The zero-order valence-electron chi connectivity index (χ0n) is 7.40. The third-order valence-corrected chi connectivity index (χ3v) is 0.702. The molecule has 0 rings (SSSR count). The van der Waals surface area contributed by atoms with Crippen LogP contribution in [0.3, 0.4) is 0 Å². The van der Waals surface area contributed by atoms with E-state index < -0.39 is 12.8 Å². The molecule has 13 heavy (non-hydrogen) atoms. The van der Waals surface area contributed by atoms with Gasteiger partial charge in [-0.25, -0.2) is 4.79 Å². The topological polar surface area (TPSA) is 78.8 Å². The minimum absolute atomic E-state index is 0.519. The first-order valence-corrected chi connectivity index (χ1v) is 3.56. The van der Waals surface area contributed by atoms with Crippen LogP contribution in [-0.2, 0) is 4.74 Å². The standard InChI is InChI=1S/C6H10O.C2H5NO3/c1-3-5-7-6-4-2;4-1-3-2(5)6/h3-4H,1-2,5-6H2;3-4H,1H2,(H,5,6). The lowest BCUT2D eigenvalue weighted by molar-refractivity contribution is 0.176. The highest BCUT2D eigenvalue weighted by atomic mass is 16.5. The molecule has 0 spiro atoms. The summed E-state index contributed by atoms with van der Waals surface area (Å²) < 4.78 is 4.90. The summed E-state index contributed by atoms with van der Waals surface area (Å²) in [5.41, 5.74) is 0. The number of nitrogens with one attached hydrogen (secondary N) is 1. The lowest BCUT2D eigenvalue weighted by Crippen LogP contribution is -2.20. The van der Waals surface area contributed by atoms with E-state index in [0.29, 0.717) is 13.2 Å². The van der Waals surface area contributed by atoms with Crippen molar-refractivity contribution in [2.45, 2.75) is 0 Å². The maximum Gasteiger partial charge on any atom is 0.406 e. The molecule has 0 aromatic rings. The second kappa shape index (κ2) is 13.3. The molecule has 0 aliphatic rings. The quantitative estimate of drug-likeness (QED) is 0.336. The molecular formula is C8H15NO4. The second-order valence-corrected chi connectivity index (χ2v) is 1.75. The normalized spacial score (nSPS) is 7.77. The highest BCUT2D eigenvalue weighted by molar-refractivity contribution is 5.63. The molecule has 1 amide bonds. The molecule has 0 bridgehead atoms. The van der Waals surface area contributed by atoms with Crippen LogP contribution >= 0.6 is 0 Å². The van der Waals surface area contributed by atoms with Crippen LogP contribution in [0.25, 0.3) is 0 Å². The van der Waals surface area contributed by atoms with Gasteiger partial charge in [-0.1, -0.05) is 12.2 Å². The Bertz CT molecular complexity index is 139. The molecule has 0 aliphatic carbocycles. The minimum Gasteiger partial charge on any atom is -0.465 e. The Balaban J connectivity index is 0. The number of aliphatic hydroxyl groups is 1. The van der Waals surface area contributed by atoms with E-state index in [2.05, 4.69) is 13.2 Å². The molecule has 0 unspecified atom stereocenters. The Morgan fingerprint density at radius 1 is 1.38 bits per heavy atom. The maximum atomic E-state index is 9.33. The van der Waals surface area contributed by atoms with E-state index in [1.807, 2.05) is 0 Å². The monoisotopic (exact) mass is 189 g/mol. The van der Waals surface area contributed by atoms with Crippen LogP contribution in [0.4, 0.5) is 4.79 Å². The zero-order chi connectivity index (χ0) is 10.5. The fraction of sp³-hybridized carbons (Fsp3) is 0.375. The van der Waals surface area contributed by atoms with Gasteiger partial charge in [0.05, 0.1) is 13.2 Å². The van der Waals surface area contributed by atoms with Crippen molar-refractivity contribution in [1.82, 2.24) is 5.32 Å². The van der Waals surface area contributed by atoms with Gasteiger partial charge in [0.15, 0.2) is 0 Å². The molecule has 3 N–H and O–H groups in total. The number of carboxylic acid groups (broad SMARTS) is 1. The SMILES string of the molecule is C=CCOCC=C.O=C(O)NCO. The Hall–Kier alpha value is -1.33. The van der Waals surface area contributed by atoms with Gasteiger partial charge in [0.25, 0.3) is 0 Å². The first-order valence-electron chi connectivity index (χ1n) is 3.56. The van der Waals surface area contributed by atoms with Crippen LogP contribution in [0, 0.1) is 0 Å². The van der Waals surface area contributed by atoms with Crippen molar-refractivity contribution in [1.29, 1.82) is 0 Å². The molecular weight excluding hydrogens is 174 g/mol. The van der Waals surface area contributed by atoms with Crippen LogP contribution < -0.4 is 5.32 Å². The summed E-state index contributed by atoms with van der Waals surface area (Å²) >= 11 is 0. The fourth-order valence-electron chi connectivity index (χ4n) is 0.302. The maximum absolute atomic E-state index is 9.33. The minimum atomic E-state index is -1.21. The lowest BCUT2D eigenvalue weighted by Gasteiger charge is -1.89. The van der Waals surface area contributed by atoms with Gasteiger partial charge < -0.3 is 14.9 Å². The summed E-state index contributed by atoms with van der Waals surface area (Å²) in [5, 5.41) is 17.1. The van der Waals surface area contributed by atoms with Crippen molar-refractivity contribution in [2.24, 2.45) is 0 Å². The molecule has 0 aromatic carbocycles. The van der Waals surface area contributed by atoms with Crippen molar-refractivity contribution in [3.8, 4) is 0 Å². The molecule has 0 atom stereocenters. The van der Waals surface area contributed by atoms with Gasteiger partial charge in [0.2, 0.25) is 0 Å². The van der Waals surface area contributed by atoms with Crippen molar-refractivity contribution < 1.29 is 19.7 Å². The van der Waals surface area contributed by atoms with E-state index in [-0.39, 0.29) is 0 Å². The van der Waals surface area contributed by atoms with E-state index in [1.165, 1.54) is 0 Å². The number of hydrogen-bond acceptors (Lipinski definition) is 3. The number of aliphatic hydroxyl groups excluding tert-OH is 1. The van der Waals surface area contributed by atoms with Crippen LogP contribution in [0.1, 0.15) is 0 Å². The summed E-state index contributed by atoms with van der Waals surface area (Å²) in [6.07, 6.45) is 2.21. The predicted molar refractivity (Wildman–Crippen MR) is 49.5 cm³/mol. The number of ether oxygens (including phenoxy) is 1. The lowest BCUT2D eigenvalue weighted by atomic mass is 10.6. The molecule has 0 aliphatic heterocycles. The smallest absolute Gasteiger partial charge is 0.406 e. The Morgan fingerprint density at radius 3 is 2.00 bits per heavy atom. The molecule has 76 valence electrons. The summed E-state index contributed by atoms with van der Waals surface area (Å²) in [4.78, 5) is 9.33. The number of carbonyl (C=O) groups is 1. The van der Waals surface area contributed by atoms with Crippen LogP contribution in [0.2, 0.25) is 0 Å². The summed E-state index contributed by atoms with van der Waals surface area (Å²) in [5.74, 6) is 0. The first-order chi connectivity index (χ1) is 6.18. The van der Waals surface area contributed by atoms with Crippen LogP contribution in [-0.4, -0.2) is 36.3 Å². The number of hydrogen-bond donors (Lipinski definition) is 3. The third kappa shape index (κ3) is 24.9. The fourth-order valence-corrected chi connectivity index (χ4v) is 0.302. The van der Waals surface area contributed by atoms with Gasteiger partial charge >= 0.3 is 6.09 Å². The van der Waals surface area contributed by atoms with Crippen molar-refractivity contribution in [2.75, 3.05) is 19.9 Å². The van der Waals surface area contributed by atoms with E-state index in [4.69, 9.17) is 14.9 Å². The first kappa shape index (κ1) is 14.2. The second-order valence-electron chi connectivity index (χ2n) is 1.75.